The lowest BCUT2D eigenvalue weighted by Gasteiger charge is -2.39. The number of carbonyl (C=O) groups is 2. The largest absolute Gasteiger partial charge is 0.378 e. The number of ether oxygens (including phenoxy) is 1. The second-order valence-electron chi connectivity index (χ2n) is 8.02. The van der Waals surface area contributed by atoms with Crippen molar-refractivity contribution < 1.29 is 14.3 Å². The highest BCUT2D eigenvalue weighted by Gasteiger charge is 2.39. The summed E-state index contributed by atoms with van der Waals surface area (Å²) in [5.74, 6) is -0.0148. The van der Waals surface area contributed by atoms with Gasteiger partial charge in [0.15, 0.2) is 0 Å². The average Bonchev–Trinajstić information content (AvgIpc) is 2.64. The van der Waals surface area contributed by atoms with Crippen molar-refractivity contribution in [1.29, 1.82) is 0 Å². The summed E-state index contributed by atoms with van der Waals surface area (Å²) in [4.78, 5) is 29.2. The zero-order chi connectivity index (χ0) is 19.4. The van der Waals surface area contributed by atoms with E-state index in [9.17, 15) is 9.59 Å². The number of hydrogen-bond acceptors (Lipinski definition) is 4. The van der Waals surface area contributed by atoms with Crippen molar-refractivity contribution in [2.75, 3.05) is 39.6 Å². The van der Waals surface area contributed by atoms with Gasteiger partial charge in [-0.15, -0.1) is 0 Å². The smallest absolute Gasteiger partial charge is 0.253 e. The lowest BCUT2D eigenvalue weighted by atomic mass is 9.77. The van der Waals surface area contributed by atoms with Crippen molar-refractivity contribution in [3.63, 3.8) is 0 Å². The van der Waals surface area contributed by atoms with Gasteiger partial charge in [0.25, 0.3) is 5.91 Å². The van der Waals surface area contributed by atoms with E-state index in [0.717, 1.165) is 45.2 Å². The SMILES string of the molecule is COC1(CC(=O)Nc2ccc(C(=O)N(C)[C@H]3CCCN(C)C3)cc2)CCC1. The summed E-state index contributed by atoms with van der Waals surface area (Å²) in [5.41, 5.74) is 1.08. The van der Waals surface area contributed by atoms with Crippen molar-refractivity contribution in [2.24, 2.45) is 0 Å². The van der Waals surface area contributed by atoms with Crippen LogP contribution in [0.4, 0.5) is 5.69 Å². The maximum absolute atomic E-state index is 12.8. The Morgan fingerprint density at radius 3 is 2.52 bits per heavy atom. The van der Waals surface area contributed by atoms with E-state index in [-0.39, 0.29) is 23.5 Å². The fourth-order valence-electron chi connectivity index (χ4n) is 4.04. The molecule has 0 spiro atoms. The molecule has 1 aliphatic carbocycles. The van der Waals surface area contributed by atoms with Gasteiger partial charge in [-0.3, -0.25) is 9.59 Å². The summed E-state index contributed by atoms with van der Waals surface area (Å²) in [5, 5.41) is 2.91. The van der Waals surface area contributed by atoms with Crippen molar-refractivity contribution >= 4 is 17.5 Å². The predicted molar refractivity (Wildman–Crippen MR) is 106 cm³/mol. The Kier molecular flexibility index (Phi) is 6.17. The summed E-state index contributed by atoms with van der Waals surface area (Å²) in [7, 11) is 5.65. The standard InChI is InChI=1S/C21H31N3O3/c1-23-13-4-6-18(15-23)24(2)20(26)16-7-9-17(10-8-16)22-19(25)14-21(27-3)11-5-12-21/h7-10,18H,4-6,11-15H2,1-3H3,(H,22,25)/t18-/m0/s1. The van der Waals surface area contributed by atoms with Crippen LogP contribution in [0.15, 0.2) is 24.3 Å². The van der Waals surface area contributed by atoms with E-state index in [0.29, 0.717) is 17.7 Å². The van der Waals surface area contributed by atoms with E-state index in [1.165, 1.54) is 0 Å². The van der Waals surface area contributed by atoms with E-state index in [4.69, 9.17) is 4.74 Å². The van der Waals surface area contributed by atoms with Crippen LogP contribution < -0.4 is 5.32 Å². The van der Waals surface area contributed by atoms with Gasteiger partial charge in [-0.1, -0.05) is 0 Å². The van der Waals surface area contributed by atoms with Gasteiger partial charge < -0.3 is 19.9 Å². The third-order valence-electron chi connectivity index (χ3n) is 6.06. The van der Waals surface area contributed by atoms with E-state index >= 15 is 0 Å². The van der Waals surface area contributed by atoms with Crippen LogP contribution >= 0.6 is 0 Å². The molecule has 1 aliphatic heterocycles. The van der Waals surface area contributed by atoms with E-state index < -0.39 is 0 Å². The summed E-state index contributed by atoms with van der Waals surface area (Å²) in [6.45, 7) is 2.01. The topological polar surface area (TPSA) is 61.9 Å². The summed E-state index contributed by atoms with van der Waals surface area (Å²) in [6.07, 6.45) is 5.53. The van der Waals surface area contributed by atoms with Crippen molar-refractivity contribution in [1.82, 2.24) is 9.80 Å². The molecule has 1 saturated heterocycles. The molecule has 27 heavy (non-hydrogen) atoms. The molecule has 1 saturated carbocycles. The molecule has 0 unspecified atom stereocenters. The lowest BCUT2D eigenvalue weighted by Crippen LogP contribution is -2.47. The number of carbonyl (C=O) groups excluding carboxylic acids is 2. The van der Waals surface area contributed by atoms with Crippen LogP contribution in [-0.2, 0) is 9.53 Å². The number of amides is 2. The zero-order valence-corrected chi connectivity index (χ0v) is 16.7. The van der Waals surface area contributed by atoms with Crippen molar-refractivity contribution in [3.8, 4) is 0 Å². The van der Waals surface area contributed by atoms with Gasteiger partial charge in [0.1, 0.15) is 0 Å². The van der Waals surface area contributed by atoms with E-state index in [1.807, 2.05) is 11.9 Å². The molecule has 0 aromatic heterocycles. The number of piperidine rings is 1. The van der Waals surface area contributed by atoms with Crippen LogP contribution in [0.3, 0.4) is 0 Å². The van der Waals surface area contributed by atoms with E-state index in [2.05, 4.69) is 17.3 Å². The zero-order valence-electron chi connectivity index (χ0n) is 16.7. The number of methoxy groups -OCH3 is 1. The molecule has 1 atom stereocenters. The highest BCUT2D eigenvalue weighted by molar-refractivity contribution is 5.96. The first-order valence-corrected chi connectivity index (χ1v) is 9.83. The van der Waals surface area contributed by atoms with Gasteiger partial charge >= 0.3 is 0 Å². The number of benzene rings is 1. The molecule has 2 aliphatic rings. The number of likely N-dealkylation sites (tertiary alicyclic amines) is 1. The average molecular weight is 373 g/mol. The Hall–Kier alpha value is -1.92. The molecule has 2 fully saturated rings. The van der Waals surface area contributed by atoms with Crippen molar-refractivity contribution in [3.05, 3.63) is 29.8 Å². The highest BCUT2D eigenvalue weighted by atomic mass is 16.5. The van der Waals surface area contributed by atoms with E-state index in [1.54, 1.807) is 31.4 Å². The number of hydrogen-bond donors (Lipinski definition) is 1. The Labute approximate surface area is 161 Å². The Balaban J connectivity index is 1.56. The third kappa shape index (κ3) is 4.68. The number of rotatable bonds is 6. The minimum Gasteiger partial charge on any atom is -0.378 e. The predicted octanol–water partition coefficient (Wildman–Crippen LogP) is 2.75. The second-order valence-corrected chi connectivity index (χ2v) is 8.02. The minimum absolute atomic E-state index is 0.0287. The third-order valence-corrected chi connectivity index (χ3v) is 6.06. The van der Waals surface area contributed by atoms with Gasteiger partial charge in [0.2, 0.25) is 5.91 Å². The Morgan fingerprint density at radius 2 is 1.96 bits per heavy atom. The molecule has 1 N–H and O–H groups in total. The normalized spacial score (nSPS) is 22.0. The second kappa shape index (κ2) is 8.40. The first-order valence-electron chi connectivity index (χ1n) is 9.83. The first-order chi connectivity index (χ1) is 12.9. The molecular formula is C21H31N3O3. The maximum Gasteiger partial charge on any atom is 0.253 e. The molecule has 3 rings (SSSR count). The van der Waals surface area contributed by atoms with Crippen LogP contribution in [0.2, 0.25) is 0 Å². The van der Waals surface area contributed by atoms with Crippen LogP contribution in [0, 0.1) is 0 Å². The number of likely N-dealkylation sites (N-methyl/N-ethyl adjacent to an activating group) is 2. The van der Waals surface area contributed by atoms with Crippen molar-refractivity contribution in [2.45, 2.75) is 50.2 Å². The minimum atomic E-state index is -0.282. The van der Waals surface area contributed by atoms with Crippen LogP contribution in [0.5, 0.6) is 0 Å². The number of anilines is 1. The molecule has 1 heterocycles. The summed E-state index contributed by atoms with van der Waals surface area (Å²) >= 11 is 0. The number of nitrogens with zero attached hydrogens (tertiary/aromatic N) is 2. The quantitative estimate of drug-likeness (QED) is 0.833. The van der Waals surface area contributed by atoms with Crippen LogP contribution in [0.1, 0.15) is 48.9 Å². The van der Waals surface area contributed by atoms with Crippen LogP contribution in [-0.4, -0.2) is 67.6 Å². The van der Waals surface area contributed by atoms with Crippen LogP contribution in [0.25, 0.3) is 0 Å². The van der Waals surface area contributed by atoms with Gasteiger partial charge in [0, 0.05) is 38.0 Å². The fourth-order valence-corrected chi connectivity index (χ4v) is 4.04. The first kappa shape index (κ1) is 19.8. The molecule has 6 heteroatoms. The fraction of sp³-hybridized carbons (Fsp3) is 0.619. The highest BCUT2D eigenvalue weighted by Crippen LogP contribution is 2.38. The number of nitrogens with one attached hydrogen (secondary N) is 1. The molecule has 0 radical (unpaired) electrons. The van der Waals surface area contributed by atoms with Gasteiger partial charge in [-0.05, 0) is 70.0 Å². The Bertz CT molecular complexity index is 664. The molecule has 2 amide bonds. The molecular weight excluding hydrogens is 342 g/mol. The van der Waals surface area contributed by atoms with Gasteiger partial charge in [0.05, 0.1) is 12.0 Å². The molecule has 1 aromatic carbocycles. The van der Waals surface area contributed by atoms with Gasteiger partial charge in [-0.25, -0.2) is 0 Å². The molecule has 6 nitrogen and oxygen atoms in total. The van der Waals surface area contributed by atoms with Gasteiger partial charge in [-0.2, -0.15) is 0 Å². The molecule has 0 bridgehead atoms. The molecule has 148 valence electrons. The summed E-state index contributed by atoms with van der Waals surface area (Å²) in [6, 6.07) is 7.42. The lowest BCUT2D eigenvalue weighted by molar-refractivity contribution is -0.129. The Morgan fingerprint density at radius 1 is 1.26 bits per heavy atom. The monoisotopic (exact) mass is 373 g/mol. The summed E-state index contributed by atoms with van der Waals surface area (Å²) < 4.78 is 5.51. The maximum atomic E-state index is 12.8. The molecule has 1 aromatic rings.